The normalized spacial score (nSPS) is 10.9. The molecule has 0 heterocycles. The molecule has 4 nitrogen and oxygen atoms in total. The summed E-state index contributed by atoms with van der Waals surface area (Å²) in [5.41, 5.74) is 2.04. The molecule has 0 aliphatic rings. The monoisotopic (exact) mass is 347 g/mol. The van der Waals surface area contributed by atoms with Gasteiger partial charge in [0.15, 0.2) is 11.5 Å². The van der Waals surface area contributed by atoms with Gasteiger partial charge in [-0.1, -0.05) is 37.3 Å². The van der Waals surface area contributed by atoms with Crippen molar-refractivity contribution in [2.24, 2.45) is 0 Å². The maximum atomic E-state index is 12.6. The Balaban J connectivity index is 2.19. The van der Waals surface area contributed by atoms with Crippen molar-refractivity contribution in [3.05, 3.63) is 59.7 Å². The van der Waals surface area contributed by atoms with Gasteiger partial charge in [-0.25, -0.2) is 0 Å². The van der Waals surface area contributed by atoms with E-state index in [1.54, 1.807) is 18.2 Å². The largest absolute Gasteiger partial charge is 0.493 e. The smallest absolute Gasteiger partial charge is 0.387 e. The van der Waals surface area contributed by atoms with Crippen LogP contribution in [0.2, 0.25) is 0 Å². The van der Waals surface area contributed by atoms with Crippen molar-refractivity contribution in [1.29, 1.82) is 0 Å². The number of methoxy groups -OCH3 is 1. The van der Waals surface area contributed by atoms with Crippen molar-refractivity contribution in [3.63, 3.8) is 0 Å². The summed E-state index contributed by atoms with van der Waals surface area (Å²) < 4.78 is 34.8. The van der Waals surface area contributed by atoms with E-state index in [0.29, 0.717) is 11.3 Å². The van der Waals surface area contributed by atoms with E-state index in [2.05, 4.69) is 10.1 Å². The van der Waals surface area contributed by atoms with Crippen LogP contribution in [-0.4, -0.2) is 19.6 Å². The number of aryl methyl sites for hydroxylation is 1. The molecule has 0 atom stereocenters. The van der Waals surface area contributed by atoms with Crippen molar-refractivity contribution >= 4 is 17.7 Å². The summed E-state index contributed by atoms with van der Waals surface area (Å²) in [6.07, 6.45) is 3.45. The molecule has 0 spiro atoms. The molecule has 0 saturated carbocycles. The van der Waals surface area contributed by atoms with Crippen LogP contribution in [0.5, 0.6) is 11.5 Å². The first-order chi connectivity index (χ1) is 12.0. The summed E-state index contributed by atoms with van der Waals surface area (Å²) in [5.74, 6) is -0.316. The van der Waals surface area contributed by atoms with Gasteiger partial charge in [-0.05, 0) is 30.2 Å². The van der Waals surface area contributed by atoms with Gasteiger partial charge in [0, 0.05) is 17.3 Å². The van der Waals surface area contributed by atoms with Crippen molar-refractivity contribution in [2.75, 3.05) is 12.4 Å². The zero-order valence-electron chi connectivity index (χ0n) is 14.0. The standard InChI is InChI=1S/C19H19F2NO3/c1-3-13-7-4-5-9-15(13)22-17(23)12-11-14-8-6-10-16(24-2)18(14)25-19(20)21/h4-12,19H,3H2,1-2H3,(H,22,23)/b12-11+. The highest BCUT2D eigenvalue weighted by molar-refractivity contribution is 6.02. The van der Waals surface area contributed by atoms with Gasteiger partial charge < -0.3 is 14.8 Å². The lowest BCUT2D eigenvalue weighted by Gasteiger charge is -2.12. The summed E-state index contributed by atoms with van der Waals surface area (Å²) in [6.45, 7) is -1.00. The van der Waals surface area contributed by atoms with E-state index in [-0.39, 0.29) is 17.4 Å². The first-order valence-electron chi connectivity index (χ1n) is 7.74. The molecule has 1 amide bonds. The molecule has 0 aliphatic carbocycles. The Labute approximate surface area is 145 Å². The van der Waals surface area contributed by atoms with E-state index in [4.69, 9.17) is 4.74 Å². The Morgan fingerprint density at radius 1 is 1.20 bits per heavy atom. The predicted octanol–water partition coefficient (Wildman–Crippen LogP) is 4.51. The zero-order chi connectivity index (χ0) is 18.2. The second kappa shape index (κ2) is 8.82. The fraction of sp³-hybridized carbons (Fsp3) is 0.211. The van der Waals surface area contributed by atoms with Gasteiger partial charge in [0.1, 0.15) is 0 Å². The number of halogens is 2. The maximum Gasteiger partial charge on any atom is 0.387 e. The van der Waals surface area contributed by atoms with Gasteiger partial charge in [0.25, 0.3) is 0 Å². The lowest BCUT2D eigenvalue weighted by Crippen LogP contribution is -2.09. The molecule has 6 heteroatoms. The Hall–Kier alpha value is -2.89. The average molecular weight is 347 g/mol. The highest BCUT2D eigenvalue weighted by Crippen LogP contribution is 2.33. The Kier molecular flexibility index (Phi) is 6.51. The van der Waals surface area contributed by atoms with Gasteiger partial charge >= 0.3 is 6.61 Å². The number of hydrogen-bond acceptors (Lipinski definition) is 3. The minimum atomic E-state index is -2.99. The molecule has 0 radical (unpaired) electrons. The van der Waals surface area contributed by atoms with Gasteiger partial charge in [0.2, 0.25) is 5.91 Å². The Morgan fingerprint density at radius 3 is 2.64 bits per heavy atom. The number of para-hydroxylation sites is 2. The summed E-state index contributed by atoms with van der Waals surface area (Å²) in [5, 5.41) is 2.77. The van der Waals surface area contributed by atoms with Crippen LogP contribution in [0.1, 0.15) is 18.1 Å². The van der Waals surface area contributed by atoms with Crippen LogP contribution in [0.15, 0.2) is 48.5 Å². The molecule has 0 aromatic heterocycles. The van der Waals surface area contributed by atoms with Gasteiger partial charge in [-0.15, -0.1) is 0 Å². The van der Waals surface area contributed by atoms with E-state index in [0.717, 1.165) is 12.0 Å². The van der Waals surface area contributed by atoms with Crippen molar-refractivity contribution in [1.82, 2.24) is 0 Å². The molecule has 2 aromatic rings. The number of rotatable bonds is 7. The third kappa shape index (κ3) is 5.04. The van der Waals surface area contributed by atoms with E-state index in [1.807, 2.05) is 25.1 Å². The van der Waals surface area contributed by atoms with E-state index < -0.39 is 6.61 Å². The minimum Gasteiger partial charge on any atom is -0.493 e. The van der Waals surface area contributed by atoms with Crippen LogP contribution < -0.4 is 14.8 Å². The molecular formula is C19H19F2NO3. The summed E-state index contributed by atoms with van der Waals surface area (Å²) >= 11 is 0. The molecule has 2 aromatic carbocycles. The molecule has 1 N–H and O–H groups in total. The number of nitrogens with one attached hydrogen (secondary N) is 1. The lowest BCUT2D eigenvalue weighted by molar-refractivity contribution is -0.111. The minimum absolute atomic E-state index is 0.113. The van der Waals surface area contributed by atoms with E-state index in [9.17, 15) is 13.6 Å². The van der Waals surface area contributed by atoms with Crippen molar-refractivity contribution < 1.29 is 23.0 Å². The van der Waals surface area contributed by atoms with E-state index in [1.165, 1.54) is 25.3 Å². The van der Waals surface area contributed by atoms with Gasteiger partial charge in [-0.2, -0.15) is 8.78 Å². The number of benzene rings is 2. The van der Waals surface area contributed by atoms with Crippen LogP contribution in [0.3, 0.4) is 0 Å². The molecular weight excluding hydrogens is 328 g/mol. The summed E-state index contributed by atoms with van der Waals surface area (Å²) in [4.78, 5) is 12.1. The first-order valence-corrected chi connectivity index (χ1v) is 7.74. The second-order valence-electron chi connectivity index (χ2n) is 5.09. The Bertz CT molecular complexity index is 760. The second-order valence-corrected chi connectivity index (χ2v) is 5.09. The molecule has 2 rings (SSSR count). The molecule has 132 valence electrons. The van der Waals surface area contributed by atoms with Crippen molar-refractivity contribution in [3.8, 4) is 11.5 Å². The highest BCUT2D eigenvalue weighted by atomic mass is 19.3. The number of carbonyl (C=O) groups excluding carboxylic acids is 1. The third-order valence-electron chi connectivity index (χ3n) is 3.51. The molecule has 25 heavy (non-hydrogen) atoms. The Morgan fingerprint density at radius 2 is 1.96 bits per heavy atom. The summed E-state index contributed by atoms with van der Waals surface area (Å²) in [6, 6.07) is 12.2. The third-order valence-corrected chi connectivity index (χ3v) is 3.51. The number of alkyl halides is 2. The fourth-order valence-corrected chi connectivity index (χ4v) is 2.33. The van der Waals surface area contributed by atoms with Gasteiger partial charge in [0.05, 0.1) is 7.11 Å². The average Bonchev–Trinajstić information content (AvgIpc) is 2.60. The molecule has 0 bridgehead atoms. The molecule has 0 unspecified atom stereocenters. The van der Waals surface area contributed by atoms with Crippen LogP contribution in [0.25, 0.3) is 6.08 Å². The topological polar surface area (TPSA) is 47.6 Å². The van der Waals surface area contributed by atoms with Crippen molar-refractivity contribution in [2.45, 2.75) is 20.0 Å². The van der Waals surface area contributed by atoms with E-state index >= 15 is 0 Å². The predicted molar refractivity (Wildman–Crippen MR) is 93.1 cm³/mol. The highest BCUT2D eigenvalue weighted by Gasteiger charge is 2.14. The fourth-order valence-electron chi connectivity index (χ4n) is 2.33. The SMILES string of the molecule is CCc1ccccc1NC(=O)/C=C/c1cccc(OC)c1OC(F)F. The maximum absolute atomic E-state index is 12.6. The molecule has 0 fully saturated rings. The van der Waals surface area contributed by atoms with Crippen LogP contribution >= 0.6 is 0 Å². The number of amides is 1. The molecule has 0 saturated heterocycles. The number of anilines is 1. The van der Waals surface area contributed by atoms with Crippen LogP contribution in [0.4, 0.5) is 14.5 Å². The number of carbonyl (C=O) groups is 1. The lowest BCUT2D eigenvalue weighted by atomic mass is 10.1. The first kappa shape index (κ1) is 18.4. The number of hydrogen-bond donors (Lipinski definition) is 1. The molecule has 0 aliphatic heterocycles. The quantitative estimate of drug-likeness (QED) is 0.750. The van der Waals surface area contributed by atoms with Gasteiger partial charge in [-0.3, -0.25) is 4.79 Å². The summed E-state index contributed by atoms with van der Waals surface area (Å²) in [7, 11) is 1.36. The zero-order valence-corrected chi connectivity index (χ0v) is 14.0. The van der Waals surface area contributed by atoms with Crippen LogP contribution in [-0.2, 0) is 11.2 Å². The number of ether oxygens (including phenoxy) is 2. The van der Waals surface area contributed by atoms with Crippen LogP contribution in [0, 0.1) is 0 Å².